The number of hydrogen-bond acceptors (Lipinski definition) is 7. The molecular formula is C31H36ClF2O7P. The summed E-state index contributed by atoms with van der Waals surface area (Å²) in [6.45, 7) is 2.29. The molecule has 7 nitrogen and oxygen atoms in total. The Morgan fingerprint density at radius 3 is 1.71 bits per heavy atom. The second kappa shape index (κ2) is 15.0. The molecule has 1 fully saturated rings. The lowest BCUT2D eigenvalue weighted by Gasteiger charge is -2.38. The maximum absolute atomic E-state index is 16.5. The van der Waals surface area contributed by atoms with Crippen LogP contribution in [0.2, 0.25) is 0 Å². The summed E-state index contributed by atoms with van der Waals surface area (Å²) in [4.78, 5) is 0. The monoisotopic (exact) mass is 624 g/mol. The Labute approximate surface area is 250 Å². The number of halogens is 3. The SMILES string of the molecule is CCOP(=O)(OCC)C(F)(F)[C@]1(Cl)O[C@H](COCc2ccccc2)[C@@H](OCc2ccccc2)[C@@H]1OCc1ccccc1. The molecule has 4 rings (SSSR count). The van der Waals surface area contributed by atoms with Gasteiger partial charge in [0, 0.05) is 0 Å². The third kappa shape index (κ3) is 7.47. The van der Waals surface area contributed by atoms with Crippen LogP contribution in [-0.2, 0) is 52.4 Å². The largest absolute Gasteiger partial charge is 0.404 e. The van der Waals surface area contributed by atoms with Crippen molar-refractivity contribution < 1.29 is 41.3 Å². The molecule has 1 saturated heterocycles. The molecule has 0 N–H and O–H groups in total. The van der Waals surface area contributed by atoms with Gasteiger partial charge in [0.1, 0.15) is 18.3 Å². The van der Waals surface area contributed by atoms with E-state index in [1.807, 2.05) is 66.7 Å². The number of benzene rings is 3. The minimum atomic E-state index is -5.14. The van der Waals surface area contributed by atoms with E-state index in [-0.39, 0.29) is 39.6 Å². The van der Waals surface area contributed by atoms with Gasteiger partial charge in [-0.15, -0.1) is 0 Å². The summed E-state index contributed by atoms with van der Waals surface area (Å²) in [6.07, 6.45) is -3.85. The zero-order chi connectivity index (χ0) is 30.1. The third-order valence-electron chi connectivity index (χ3n) is 6.66. The van der Waals surface area contributed by atoms with Crippen molar-refractivity contribution in [1.29, 1.82) is 0 Å². The molecule has 0 aromatic heterocycles. The molecule has 1 heterocycles. The molecule has 1 aliphatic rings. The van der Waals surface area contributed by atoms with Gasteiger partial charge in [-0.2, -0.15) is 8.78 Å². The van der Waals surface area contributed by atoms with E-state index in [1.54, 1.807) is 24.3 Å². The van der Waals surface area contributed by atoms with Crippen LogP contribution >= 0.6 is 19.2 Å². The smallest absolute Gasteiger partial charge is 0.374 e. The van der Waals surface area contributed by atoms with Gasteiger partial charge in [0.25, 0.3) is 0 Å². The molecule has 0 spiro atoms. The van der Waals surface area contributed by atoms with Gasteiger partial charge in [-0.1, -0.05) is 103 Å². The Balaban J connectivity index is 1.68. The quantitative estimate of drug-likeness (QED) is 0.120. The van der Waals surface area contributed by atoms with E-state index in [4.69, 9.17) is 39.6 Å². The number of ether oxygens (including phenoxy) is 4. The van der Waals surface area contributed by atoms with Gasteiger partial charge in [-0.05, 0) is 30.5 Å². The summed E-state index contributed by atoms with van der Waals surface area (Å²) in [5, 5.41) is -2.98. The van der Waals surface area contributed by atoms with E-state index in [0.29, 0.717) is 5.56 Å². The van der Waals surface area contributed by atoms with E-state index in [2.05, 4.69) is 0 Å². The molecule has 4 atom stereocenters. The lowest BCUT2D eigenvalue weighted by molar-refractivity contribution is -0.167. The molecule has 0 radical (unpaired) electrons. The summed E-state index contributed by atoms with van der Waals surface area (Å²) in [5.74, 6) is 0. The fourth-order valence-electron chi connectivity index (χ4n) is 4.65. The Morgan fingerprint density at radius 1 is 0.786 bits per heavy atom. The van der Waals surface area contributed by atoms with Crippen LogP contribution in [0.5, 0.6) is 0 Å². The van der Waals surface area contributed by atoms with Crippen molar-refractivity contribution in [2.24, 2.45) is 0 Å². The Bertz CT molecular complexity index is 1260. The molecule has 0 aliphatic carbocycles. The second-order valence-corrected chi connectivity index (χ2v) is 12.3. The second-order valence-electron chi connectivity index (χ2n) is 9.65. The van der Waals surface area contributed by atoms with Crippen molar-refractivity contribution >= 4 is 19.2 Å². The van der Waals surface area contributed by atoms with Crippen LogP contribution in [0.25, 0.3) is 0 Å². The normalized spacial score (nSPS) is 22.8. The zero-order valence-corrected chi connectivity index (χ0v) is 25.2. The van der Waals surface area contributed by atoms with Gasteiger partial charge in [-0.3, -0.25) is 4.57 Å². The van der Waals surface area contributed by atoms with Gasteiger partial charge >= 0.3 is 13.3 Å². The van der Waals surface area contributed by atoms with Crippen LogP contribution in [0, 0.1) is 0 Å². The fourth-order valence-corrected chi connectivity index (χ4v) is 6.89. The number of hydrogen-bond donors (Lipinski definition) is 0. The molecule has 3 aromatic rings. The molecular weight excluding hydrogens is 589 g/mol. The first-order chi connectivity index (χ1) is 20.2. The maximum Gasteiger partial charge on any atom is 0.404 e. The lowest BCUT2D eigenvalue weighted by Crippen LogP contribution is -2.54. The highest BCUT2D eigenvalue weighted by Gasteiger charge is 2.76. The minimum absolute atomic E-state index is 0.0579. The highest BCUT2D eigenvalue weighted by atomic mass is 35.5. The fraction of sp³-hybridized carbons (Fsp3) is 0.419. The third-order valence-corrected chi connectivity index (χ3v) is 9.55. The Kier molecular flexibility index (Phi) is 11.7. The van der Waals surface area contributed by atoms with Crippen molar-refractivity contribution in [3.8, 4) is 0 Å². The Morgan fingerprint density at radius 2 is 1.24 bits per heavy atom. The lowest BCUT2D eigenvalue weighted by atomic mass is 10.1. The first-order valence-electron chi connectivity index (χ1n) is 13.8. The average molecular weight is 625 g/mol. The van der Waals surface area contributed by atoms with Crippen molar-refractivity contribution in [3.05, 3.63) is 108 Å². The molecule has 11 heteroatoms. The molecule has 42 heavy (non-hydrogen) atoms. The molecule has 1 aliphatic heterocycles. The van der Waals surface area contributed by atoms with E-state index >= 15 is 8.78 Å². The predicted octanol–water partition coefficient (Wildman–Crippen LogP) is 7.57. The van der Waals surface area contributed by atoms with Crippen LogP contribution in [0.4, 0.5) is 8.78 Å². The molecule has 3 aromatic carbocycles. The number of rotatable bonds is 16. The van der Waals surface area contributed by atoms with E-state index in [0.717, 1.165) is 11.1 Å². The molecule has 0 amide bonds. The molecule has 228 valence electrons. The van der Waals surface area contributed by atoms with E-state index < -0.39 is 36.6 Å². The van der Waals surface area contributed by atoms with E-state index in [9.17, 15) is 4.57 Å². The first-order valence-corrected chi connectivity index (χ1v) is 15.7. The predicted molar refractivity (Wildman–Crippen MR) is 155 cm³/mol. The van der Waals surface area contributed by atoms with Gasteiger partial charge in [0.15, 0.2) is 0 Å². The number of alkyl halides is 3. The van der Waals surface area contributed by atoms with Crippen LogP contribution in [0.3, 0.4) is 0 Å². The molecule has 0 unspecified atom stereocenters. The van der Waals surface area contributed by atoms with Gasteiger partial charge < -0.3 is 28.0 Å². The summed E-state index contributed by atoms with van der Waals surface area (Å²) in [5.41, 5.74) is -1.94. The van der Waals surface area contributed by atoms with Gasteiger partial charge in [0.2, 0.25) is 5.06 Å². The summed E-state index contributed by atoms with van der Waals surface area (Å²) < 4.78 is 80.7. The topological polar surface area (TPSA) is 72.5 Å². The van der Waals surface area contributed by atoms with Crippen molar-refractivity contribution in [2.45, 2.75) is 62.7 Å². The minimum Gasteiger partial charge on any atom is -0.374 e. The van der Waals surface area contributed by atoms with Crippen LogP contribution in [0.1, 0.15) is 30.5 Å². The van der Waals surface area contributed by atoms with Crippen LogP contribution in [-0.4, -0.2) is 48.9 Å². The average Bonchev–Trinajstić information content (AvgIpc) is 3.28. The summed E-state index contributed by atoms with van der Waals surface area (Å²) in [6, 6.07) is 27.6. The van der Waals surface area contributed by atoms with Crippen molar-refractivity contribution in [3.63, 3.8) is 0 Å². The standard InChI is InChI=1S/C31H36ClF2O7P/c1-3-39-42(35,40-4-2)31(33,34)30(32)29(38-22-26-18-12-7-13-19-26)28(37-21-25-16-10-6-11-17-25)27(41-30)23-36-20-24-14-8-5-9-15-24/h5-19,27-29H,3-4,20-23H2,1-2H3/t27-,28-,29+,30-/m1/s1. The van der Waals surface area contributed by atoms with Gasteiger partial charge in [-0.25, -0.2) is 0 Å². The van der Waals surface area contributed by atoms with Crippen LogP contribution < -0.4 is 0 Å². The zero-order valence-electron chi connectivity index (χ0n) is 23.6. The summed E-state index contributed by atoms with van der Waals surface area (Å²) >= 11 is 6.75. The van der Waals surface area contributed by atoms with Crippen molar-refractivity contribution in [2.75, 3.05) is 19.8 Å². The Hall–Kier alpha value is -2.20. The highest BCUT2D eigenvalue weighted by molar-refractivity contribution is 7.55. The van der Waals surface area contributed by atoms with E-state index in [1.165, 1.54) is 13.8 Å². The van der Waals surface area contributed by atoms with Gasteiger partial charge in [0.05, 0.1) is 39.6 Å². The van der Waals surface area contributed by atoms with Crippen LogP contribution in [0.15, 0.2) is 91.0 Å². The van der Waals surface area contributed by atoms with Crippen molar-refractivity contribution in [1.82, 2.24) is 0 Å². The summed E-state index contributed by atoms with van der Waals surface area (Å²) in [7, 11) is -5.14. The first kappa shape index (κ1) is 32.7. The molecule has 0 saturated carbocycles. The highest BCUT2D eigenvalue weighted by Crippen LogP contribution is 2.69. The maximum atomic E-state index is 16.5. The molecule has 0 bridgehead atoms.